The van der Waals surface area contributed by atoms with E-state index in [2.05, 4.69) is 11.1 Å². The number of aryl methyl sites for hydroxylation is 1. The second-order valence-electron chi connectivity index (χ2n) is 7.97. The number of methoxy groups -OCH3 is 1. The van der Waals surface area contributed by atoms with Gasteiger partial charge in [-0.25, -0.2) is 0 Å². The van der Waals surface area contributed by atoms with Gasteiger partial charge in [0.2, 0.25) is 6.79 Å². The predicted molar refractivity (Wildman–Crippen MR) is 113 cm³/mol. The maximum Gasteiger partial charge on any atom is 0.231 e. The first-order chi connectivity index (χ1) is 14.6. The average molecular weight is 401 g/mol. The van der Waals surface area contributed by atoms with Gasteiger partial charge in [0.1, 0.15) is 11.5 Å². The number of aromatic nitrogens is 1. The summed E-state index contributed by atoms with van der Waals surface area (Å²) in [5.41, 5.74) is 4.57. The van der Waals surface area contributed by atoms with Gasteiger partial charge < -0.3 is 14.2 Å². The molecule has 0 amide bonds. The summed E-state index contributed by atoms with van der Waals surface area (Å²) < 4.78 is 16.1. The number of hydrogen-bond acceptors (Lipinski definition) is 5. The van der Waals surface area contributed by atoms with Gasteiger partial charge in [-0.2, -0.15) is 0 Å². The summed E-state index contributed by atoms with van der Waals surface area (Å²) in [5, 5.41) is 0. The summed E-state index contributed by atoms with van der Waals surface area (Å²) in [6.07, 6.45) is 3.92. The van der Waals surface area contributed by atoms with E-state index in [0.29, 0.717) is 6.42 Å². The van der Waals surface area contributed by atoms with Crippen molar-refractivity contribution < 1.29 is 19.0 Å². The number of ether oxygens (including phenoxy) is 3. The molecule has 1 aromatic heterocycles. The van der Waals surface area contributed by atoms with E-state index in [4.69, 9.17) is 14.2 Å². The van der Waals surface area contributed by atoms with Crippen LogP contribution in [0.3, 0.4) is 0 Å². The van der Waals surface area contributed by atoms with Crippen LogP contribution in [0.5, 0.6) is 17.2 Å². The van der Waals surface area contributed by atoms with Crippen LogP contribution in [-0.4, -0.2) is 24.7 Å². The fraction of sp³-hybridized carbons (Fsp3) is 0.280. The lowest BCUT2D eigenvalue weighted by molar-refractivity contribution is -0.120. The van der Waals surface area contributed by atoms with Gasteiger partial charge in [0.15, 0.2) is 11.5 Å². The third kappa shape index (κ3) is 3.20. The van der Waals surface area contributed by atoms with Crippen LogP contribution in [-0.2, 0) is 16.6 Å². The maximum absolute atomic E-state index is 13.2. The van der Waals surface area contributed by atoms with Gasteiger partial charge in [0, 0.05) is 18.2 Å². The molecule has 1 saturated carbocycles. The first kappa shape index (κ1) is 18.7. The Hall–Kier alpha value is -3.34. The van der Waals surface area contributed by atoms with E-state index in [1.807, 2.05) is 55.6 Å². The highest BCUT2D eigenvalue weighted by atomic mass is 16.7. The number of benzene rings is 2. The van der Waals surface area contributed by atoms with Gasteiger partial charge in [0.05, 0.1) is 18.2 Å². The topological polar surface area (TPSA) is 57.7 Å². The number of pyridine rings is 1. The van der Waals surface area contributed by atoms with Gasteiger partial charge >= 0.3 is 0 Å². The Morgan fingerprint density at radius 2 is 1.80 bits per heavy atom. The van der Waals surface area contributed by atoms with Gasteiger partial charge in [-0.15, -0.1) is 0 Å². The third-order valence-electron chi connectivity index (χ3n) is 6.15. The summed E-state index contributed by atoms with van der Waals surface area (Å²) in [5.74, 6) is 2.51. The maximum atomic E-state index is 13.2. The fourth-order valence-corrected chi connectivity index (χ4v) is 4.10. The monoisotopic (exact) mass is 401 g/mol. The number of nitrogens with zero attached hydrogens (tertiary/aromatic N) is 1. The molecule has 30 heavy (non-hydrogen) atoms. The molecular weight excluding hydrogens is 378 g/mol. The van der Waals surface area contributed by atoms with E-state index in [1.54, 1.807) is 7.11 Å². The largest absolute Gasteiger partial charge is 0.497 e. The third-order valence-corrected chi connectivity index (χ3v) is 6.15. The summed E-state index contributed by atoms with van der Waals surface area (Å²) in [4.78, 5) is 17.9. The Morgan fingerprint density at radius 3 is 2.50 bits per heavy atom. The molecule has 0 atom stereocenters. The van der Waals surface area contributed by atoms with Crippen molar-refractivity contribution in [3.63, 3.8) is 0 Å². The Balaban J connectivity index is 1.35. The van der Waals surface area contributed by atoms with Gasteiger partial charge in [-0.05, 0) is 66.8 Å². The predicted octanol–water partition coefficient (Wildman–Crippen LogP) is 4.64. The van der Waals surface area contributed by atoms with Crippen LogP contribution in [0, 0.1) is 6.92 Å². The minimum Gasteiger partial charge on any atom is -0.497 e. The number of hydrogen-bond donors (Lipinski definition) is 0. The molecule has 1 aliphatic heterocycles. The lowest BCUT2D eigenvalue weighted by Gasteiger charge is -2.16. The summed E-state index contributed by atoms with van der Waals surface area (Å²) in [7, 11) is 1.66. The highest BCUT2D eigenvalue weighted by Gasteiger charge is 2.51. The van der Waals surface area contributed by atoms with E-state index in [0.717, 1.165) is 58.0 Å². The lowest BCUT2D eigenvalue weighted by atomic mass is 9.88. The molecule has 0 saturated heterocycles. The van der Waals surface area contributed by atoms with Crippen molar-refractivity contribution in [2.24, 2.45) is 0 Å². The molecule has 1 fully saturated rings. The van der Waals surface area contributed by atoms with Crippen molar-refractivity contribution in [2.75, 3.05) is 13.9 Å². The van der Waals surface area contributed by atoms with Crippen LogP contribution in [0.25, 0.3) is 11.1 Å². The molecule has 2 aliphatic rings. The standard InChI is InChI=1S/C25H23NO4/c1-16-11-18(17-3-6-20(28-2)7-4-17)14-26-21(16)13-24(27)25(9-10-25)19-5-8-22-23(12-19)30-15-29-22/h3-8,11-12,14H,9-10,13,15H2,1-2H3. The van der Waals surface area contributed by atoms with Crippen LogP contribution in [0.15, 0.2) is 54.7 Å². The minimum atomic E-state index is -0.413. The van der Waals surface area contributed by atoms with Crippen molar-refractivity contribution in [3.8, 4) is 28.4 Å². The van der Waals surface area contributed by atoms with Crippen LogP contribution >= 0.6 is 0 Å². The second-order valence-corrected chi connectivity index (χ2v) is 7.97. The zero-order valence-corrected chi connectivity index (χ0v) is 17.1. The molecule has 5 rings (SSSR count). The Bertz CT molecular complexity index is 1120. The Labute approximate surface area is 175 Å². The normalized spacial score (nSPS) is 15.7. The molecule has 0 bridgehead atoms. The number of ketones is 1. The number of Topliss-reactive ketones (excluding diaryl/α,β-unsaturated/α-hetero) is 1. The number of rotatable bonds is 6. The van der Waals surface area contributed by atoms with Gasteiger partial charge in [0.25, 0.3) is 0 Å². The summed E-state index contributed by atoms with van der Waals surface area (Å²) in [6, 6.07) is 15.8. The van der Waals surface area contributed by atoms with Crippen molar-refractivity contribution >= 4 is 5.78 Å². The number of carbonyl (C=O) groups excluding carboxylic acids is 1. The minimum absolute atomic E-state index is 0.217. The van der Waals surface area contributed by atoms with Crippen molar-refractivity contribution in [3.05, 3.63) is 71.5 Å². The molecule has 0 spiro atoms. The number of fused-ring (bicyclic) bond motifs is 1. The molecule has 0 radical (unpaired) electrons. The molecule has 5 heteroatoms. The fourth-order valence-electron chi connectivity index (χ4n) is 4.10. The van der Waals surface area contributed by atoms with Crippen molar-refractivity contribution in [2.45, 2.75) is 31.6 Å². The first-order valence-corrected chi connectivity index (χ1v) is 10.1. The van der Waals surface area contributed by atoms with Crippen LogP contribution in [0.4, 0.5) is 0 Å². The average Bonchev–Trinajstić information content (AvgIpc) is 3.46. The molecule has 0 N–H and O–H groups in total. The smallest absolute Gasteiger partial charge is 0.231 e. The van der Waals surface area contributed by atoms with Crippen LogP contribution < -0.4 is 14.2 Å². The Morgan fingerprint density at radius 1 is 1.03 bits per heavy atom. The quantitative estimate of drug-likeness (QED) is 0.602. The molecule has 152 valence electrons. The molecule has 0 unspecified atom stereocenters. The van der Waals surface area contributed by atoms with E-state index in [-0.39, 0.29) is 12.6 Å². The van der Waals surface area contributed by atoms with Gasteiger partial charge in [-0.3, -0.25) is 9.78 Å². The number of carbonyl (C=O) groups is 1. The highest BCUT2D eigenvalue weighted by molar-refractivity contribution is 5.94. The lowest BCUT2D eigenvalue weighted by Crippen LogP contribution is -2.23. The second kappa shape index (κ2) is 7.17. The zero-order valence-electron chi connectivity index (χ0n) is 17.1. The van der Waals surface area contributed by atoms with E-state index < -0.39 is 5.41 Å². The van der Waals surface area contributed by atoms with Crippen LogP contribution in [0.1, 0.15) is 29.7 Å². The molecular formula is C25H23NO4. The zero-order chi connectivity index (χ0) is 20.7. The molecule has 3 aromatic rings. The Kier molecular flexibility index (Phi) is 4.46. The molecule has 2 heterocycles. The first-order valence-electron chi connectivity index (χ1n) is 10.1. The van der Waals surface area contributed by atoms with E-state index in [1.165, 1.54) is 0 Å². The van der Waals surface area contributed by atoms with Crippen molar-refractivity contribution in [1.82, 2.24) is 4.98 Å². The van der Waals surface area contributed by atoms with Crippen LogP contribution in [0.2, 0.25) is 0 Å². The molecule has 5 nitrogen and oxygen atoms in total. The molecule has 2 aromatic carbocycles. The summed E-state index contributed by atoms with van der Waals surface area (Å²) in [6.45, 7) is 2.26. The van der Waals surface area contributed by atoms with E-state index in [9.17, 15) is 4.79 Å². The SMILES string of the molecule is COc1ccc(-c2cnc(CC(=O)C3(c4ccc5c(c4)OCO5)CC3)c(C)c2)cc1. The highest BCUT2D eigenvalue weighted by Crippen LogP contribution is 2.51. The van der Waals surface area contributed by atoms with Gasteiger partial charge in [-0.1, -0.05) is 18.2 Å². The van der Waals surface area contributed by atoms with Crippen molar-refractivity contribution in [1.29, 1.82) is 0 Å². The molecule has 1 aliphatic carbocycles. The summed E-state index contributed by atoms with van der Waals surface area (Å²) >= 11 is 0. The van der Waals surface area contributed by atoms with E-state index >= 15 is 0 Å².